The molecule has 7 rings (SSSR count). The van der Waals surface area contributed by atoms with Crippen molar-refractivity contribution in [3.8, 4) is 0 Å². The maximum Gasteiger partial charge on any atom is 0.326 e. The molecule has 0 radical (unpaired) electrons. The molecular weight excluding hydrogens is 709 g/mol. The van der Waals surface area contributed by atoms with Crippen molar-refractivity contribution in [2.75, 3.05) is 30.7 Å². The van der Waals surface area contributed by atoms with Gasteiger partial charge in [-0.25, -0.2) is 4.79 Å². The Hall–Kier alpha value is -5.27. The van der Waals surface area contributed by atoms with Crippen molar-refractivity contribution in [3.05, 3.63) is 130 Å². The summed E-state index contributed by atoms with van der Waals surface area (Å²) in [6.45, 7) is 2.87. The van der Waals surface area contributed by atoms with E-state index in [1.165, 1.54) is 0 Å². The van der Waals surface area contributed by atoms with Crippen LogP contribution in [-0.2, 0) is 32.2 Å². The van der Waals surface area contributed by atoms with E-state index in [-0.39, 0.29) is 42.4 Å². The highest BCUT2D eigenvalue weighted by Crippen LogP contribution is 2.39. The van der Waals surface area contributed by atoms with Gasteiger partial charge < -0.3 is 40.8 Å². The molecule has 2 aliphatic rings. The number of ether oxygens (including phenoxy) is 2. The van der Waals surface area contributed by atoms with Crippen molar-refractivity contribution in [2.45, 2.75) is 89.1 Å². The number of nitrogens with zero attached hydrogens (tertiary/aromatic N) is 2. The number of rotatable bonds is 15. The Morgan fingerprint density at radius 1 is 0.804 bits per heavy atom. The lowest BCUT2D eigenvalue weighted by atomic mass is 9.98. The highest BCUT2D eigenvalue weighted by Gasteiger charge is 2.34. The van der Waals surface area contributed by atoms with Crippen LogP contribution < -0.4 is 22.1 Å². The summed E-state index contributed by atoms with van der Waals surface area (Å²) in [4.78, 5) is 43.1. The predicted octanol–water partition coefficient (Wildman–Crippen LogP) is 6.49. The number of imidazole rings is 1. The van der Waals surface area contributed by atoms with Gasteiger partial charge in [0.1, 0.15) is 0 Å². The Kier molecular flexibility index (Phi) is 12.9. The van der Waals surface area contributed by atoms with Gasteiger partial charge in [0.05, 0.1) is 41.2 Å². The molecule has 56 heavy (non-hydrogen) atoms. The van der Waals surface area contributed by atoms with Crippen LogP contribution in [0.15, 0.2) is 102 Å². The van der Waals surface area contributed by atoms with E-state index in [1.54, 1.807) is 12.1 Å². The van der Waals surface area contributed by atoms with E-state index in [0.717, 1.165) is 72.2 Å². The number of carbonyl (C=O) groups excluding carboxylic acids is 2. The van der Waals surface area contributed by atoms with Crippen LogP contribution in [0, 0.1) is 0 Å². The topological polar surface area (TPSA) is 164 Å². The molecule has 4 aromatic carbocycles. The number of aliphatic hydroxyl groups excluding tert-OH is 1. The summed E-state index contributed by atoms with van der Waals surface area (Å²) in [6.07, 6.45) is 4.55. The Labute approximate surface area is 327 Å². The zero-order chi connectivity index (χ0) is 38.9. The Morgan fingerprint density at radius 3 is 2.23 bits per heavy atom. The minimum Gasteiger partial charge on any atom is -0.397 e. The number of benzene rings is 4. The number of carbonyl (C=O) groups is 2. The van der Waals surface area contributed by atoms with Crippen molar-refractivity contribution >= 4 is 34.2 Å². The van der Waals surface area contributed by atoms with Gasteiger partial charge in [-0.15, -0.1) is 0 Å². The van der Waals surface area contributed by atoms with E-state index in [2.05, 4.69) is 20.5 Å². The third-order valence-electron chi connectivity index (χ3n) is 10.9. The molecule has 2 fully saturated rings. The number of hydrogen-bond acceptors (Lipinski definition) is 8. The molecule has 12 nitrogen and oxygen atoms in total. The molecule has 2 saturated heterocycles. The van der Waals surface area contributed by atoms with Crippen LogP contribution in [-0.4, -0.2) is 57.1 Å². The zero-order valence-electron chi connectivity index (χ0n) is 31.7. The Morgan fingerprint density at radius 2 is 1.48 bits per heavy atom. The number of aromatic amines is 1. The van der Waals surface area contributed by atoms with Crippen molar-refractivity contribution in [2.24, 2.45) is 0 Å². The van der Waals surface area contributed by atoms with E-state index in [4.69, 9.17) is 15.2 Å². The van der Waals surface area contributed by atoms with Crippen molar-refractivity contribution < 1.29 is 24.2 Å². The second kappa shape index (κ2) is 18.6. The average Bonchev–Trinajstić information content (AvgIpc) is 3.56. The van der Waals surface area contributed by atoms with Crippen molar-refractivity contribution in [1.82, 2.24) is 19.8 Å². The highest BCUT2D eigenvalue weighted by molar-refractivity contribution is 5.93. The van der Waals surface area contributed by atoms with Gasteiger partial charge >= 0.3 is 5.69 Å². The first kappa shape index (κ1) is 39.0. The summed E-state index contributed by atoms with van der Waals surface area (Å²) < 4.78 is 15.1. The number of H-pyrrole nitrogens is 1. The number of nitrogen functional groups attached to an aromatic ring is 1. The third-order valence-corrected chi connectivity index (χ3v) is 10.9. The maximum absolute atomic E-state index is 12.8. The fourth-order valence-corrected chi connectivity index (χ4v) is 7.77. The summed E-state index contributed by atoms with van der Waals surface area (Å²) in [6, 6.07) is 31.1. The van der Waals surface area contributed by atoms with Gasteiger partial charge in [-0.05, 0) is 66.6 Å². The van der Waals surface area contributed by atoms with Crippen LogP contribution >= 0.6 is 0 Å². The number of likely N-dealkylation sites (tertiary alicyclic amines) is 1. The Bertz CT molecular complexity index is 2120. The number of para-hydroxylation sites is 4. The zero-order valence-corrected chi connectivity index (χ0v) is 31.7. The molecule has 5 aromatic rings. The van der Waals surface area contributed by atoms with Crippen LogP contribution in [0.4, 0.5) is 11.4 Å². The van der Waals surface area contributed by atoms with E-state index in [1.807, 2.05) is 89.5 Å². The summed E-state index contributed by atoms with van der Waals surface area (Å²) >= 11 is 0. The molecule has 3 atom stereocenters. The number of nitrogens with one attached hydrogen (secondary N) is 3. The van der Waals surface area contributed by atoms with Gasteiger partial charge in [0.25, 0.3) is 0 Å². The van der Waals surface area contributed by atoms with Crippen LogP contribution in [0.1, 0.15) is 92.1 Å². The minimum atomic E-state index is -0.575. The standard InChI is InChI=1S/C44H52N6O6/c45-36-8-4-5-9-37(36)47-42(53)13-3-1-2-12-41(52)46-27-30-14-20-33(21-15-30)43-55-35(26-40(56-43)32-18-16-31(29-51)17-19-32)28-49-24-22-34(23-25-49)50-39-11-7-6-10-38(39)48-44(50)54/h4-11,14-21,34-35,40,43,51H,1-3,12-13,22-29,45H2,(H,46,52)(H,47,53)(H,48,54)/t35-,40+,43+/m1/s1. The Balaban J connectivity index is 0.898. The molecular formula is C44H52N6O6. The fourth-order valence-electron chi connectivity index (χ4n) is 7.77. The second-order valence-electron chi connectivity index (χ2n) is 14.9. The molecule has 2 amide bonds. The molecule has 3 heterocycles. The van der Waals surface area contributed by atoms with Gasteiger partial charge in [-0.2, -0.15) is 0 Å². The van der Waals surface area contributed by atoms with Crippen molar-refractivity contribution in [3.63, 3.8) is 0 Å². The van der Waals surface area contributed by atoms with Crippen LogP contribution in [0.5, 0.6) is 0 Å². The number of fused-ring (bicyclic) bond motifs is 1. The van der Waals surface area contributed by atoms with Crippen LogP contribution in [0.2, 0.25) is 0 Å². The first-order valence-corrected chi connectivity index (χ1v) is 19.7. The number of piperidine rings is 1. The van der Waals surface area contributed by atoms with Gasteiger partial charge in [-0.1, -0.05) is 79.2 Å². The predicted molar refractivity (Wildman–Crippen MR) is 217 cm³/mol. The van der Waals surface area contributed by atoms with E-state index < -0.39 is 6.29 Å². The average molecular weight is 761 g/mol. The number of anilines is 2. The van der Waals surface area contributed by atoms with E-state index in [9.17, 15) is 19.5 Å². The SMILES string of the molecule is Nc1ccccc1NC(=O)CCCCCC(=O)NCc1ccc([C@H]2O[C@@H](CN3CCC(n4c(=O)[nH]c5ccccc54)CC3)C[C@@H](c3ccc(CO)cc3)O2)cc1. The largest absolute Gasteiger partial charge is 0.397 e. The van der Waals surface area contributed by atoms with Gasteiger partial charge in [0.2, 0.25) is 11.8 Å². The fraction of sp³-hybridized carbons (Fsp3) is 0.386. The molecule has 12 heteroatoms. The lowest BCUT2D eigenvalue weighted by molar-refractivity contribution is -0.253. The minimum absolute atomic E-state index is 0.0141. The monoisotopic (exact) mass is 760 g/mol. The molecule has 0 bridgehead atoms. The van der Waals surface area contributed by atoms with Gasteiger partial charge in [0.15, 0.2) is 6.29 Å². The number of aromatic nitrogens is 2. The molecule has 0 aliphatic carbocycles. The summed E-state index contributed by atoms with van der Waals surface area (Å²) in [5.41, 5.74) is 12.6. The molecule has 0 spiro atoms. The number of nitrogens with two attached hydrogens (primary N) is 1. The third kappa shape index (κ3) is 9.93. The van der Waals surface area contributed by atoms with Crippen molar-refractivity contribution in [1.29, 1.82) is 0 Å². The van der Waals surface area contributed by atoms with Gasteiger partial charge in [0, 0.05) is 57.0 Å². The number of unbranched alkanes of at least 4 members (excludes halogenated alkanes) is 2. The second-order valence-corrected chi connectivity index (χ2v) is 14.9. The maximum atomic E-state index is 12.8. The van der Waals surface area contributed by atoms with Crippen LogP contribution in [0.3, 0.4) is 0 Å². The number of hydrogen-bond donors (Lipinski definition) is 5. The number of aliphatic hydroxyl groups is 1. The highest BCUT2D eigenvalue weighted by atomic mass is 16.7. The molecule has 6 N–H and O–H groups in total. The van der Waals surface area contributed by atoms with Gasteiger partial charge in [-0.3, -0.25) is 14.2 Å². The smallest absolute Gasteiger partial charge is 0.326 e. The number of amides is 2. The molecule has 0 saturated carbocycles. The lowest BCUT2D eigenvalue weighted by Crippen LogP contribution is -2.43. The first-order valence-electron chi connectivity index (χ1n) is 19.7. The molecule has 0 unspecified atom stereocenters. The summed E-state index contributed by atoms with van der Waals surface area (Å²) in [5.74, 6) is -0.106. The lowest BCUT2D eigenvalue weighted by Gasteiger charge is -2.40. The quantitative estimate of drug-likeness (QED) is 0.0597. The molecule has 2 aliphatic heterocycles. The van der Waals surface area contributed by atoms with E-state index in [0.29, 0.717) is 50.0 Å². The van der Waals surface area contributed by atoms with Crippen LogP contribution in [0.25, 0.3) is 11.0 Å². The summed E-state index contributed by atoms with van der Waals surface area (Å²) in [5, 5.41) is 15.4. The van der Waals surface area contributed by atoms with E-state index >= 15 is 0 Å². The normalized spacial score (nSPS) is 19.2. The molecule has 294 valence electrons. The summed E-state index contributed by atoms with van der Waals surface area (Å²) in [7, 11) is 0. The first-order chi connectivity index (χ1) is 27.3. The molecule has 1 aromatic heterocycles.